The molecule has 2 aliphatic heterocycles. The van der Waals surface area contributed by atoms with E-state index in [0.717, 1.165) is 56.1 Å². The van der Waals surface area contributed by atoms with Crippen molar-refractivity contribution in [3.63, 3.8) is 0 Å². The number of rotatable bonds is 11. The van der Waals surface area contributed by atoms with Crippen molar-refractivity contribution in [2.24, 2.45) is 0 Å². The van der Waals surface area contributed by atoms with Crippen molar-refractivity contribution >= 4 is 5.69 Å². The second-order valence-electron chi connectivity index (χ2n) is 12.7. The minimum absolute atomic E-state index is 0.174. The van der Waals surface area contributed by atoms with Crippen LogP contribution in [-0.2, 0) is 0 Å². The summed E-state index contributed by atoms with van der Waals surface area (Å²) >= 11 is 0. The molecule has 0 spiro atoms. The summed E-state index contributed by atoms with van der Waals surface area (Å²) in [5.74, 6) is 2.25. The normalized spacial score (nSPS) is 20.6. The van der Waals surface area contributed by atoms with Gasteiger partial charge in [-0.05, 0) is 66.5 Å². The van der Waals surface area contributed by atoms with E-state index < -0.39 is 0 Å². The van der Waals surface area contributed by atoms with Crippen LogP contribution in [0, 0.1) is 0 Å². The summed E-state index contributed by atoms with van der Waals surface area (Å²) in [7, 11) is 0. The van der Waals surface area contributed by atoms with Gasteiger partial charge < -0.3 is 30.4 Å². The summed E-state index contributed by atoms with van der Waals surface area (Å²) < 4.78 is 4.55. The van der Waals surface area contributed by atoms with Gasteiger partial charge in [-0.1, -0.05) is 67.8 Å². The van der Waals surface area contributed by atoms with Crippen molar-refractivity contribution in [3.8, 4) is 22.5 Å². The number of para-hydroxylation sites is 1. The highest BCUT2D eigenvalue weighted by molar-refractivity contribution is 5.71. The number of hydrogen-bond acceptors (Lipinski definition) is 6. The van der Waals surface area contributed by atoms with Gasteiger partial charge in [0.05, 0.1) is 60.2 Å². The number of anilines is 1. The predicted octanol–water partition coefficient (Wildman–Crippen LogP) is 6.77. The number of benzene rings is 3. The summed E-state index contributed by atoms with van der Waals surface area (Å²) in [6, 6.07) is 26.7. The van der Waals surface area contributed by atoms with Crippen molar-refractivity contribution in [2.45, 2.75) is 49.7 Å². The Morgan fingerprint density at radius 1 is 0.696 bits per heavy atom. The van der Waals surface area contributed by atoms with Crippen LogP contribution in [-0.4, -0.2) is 38.2 Å². The molecule has 232 valence electrons. The Morgan fingerprint density at radius 2 is 1.33 bits per heavy atom. The van der Waals surface area contributed by atoms with Crippen LogP contribution in [0.5, 0.6) is 0 Å². The Balaban J connectivity index is 0.859. The predicted molar refractivity (Wildman–Crippen MR) is 184 cm³/mol. The molecule has 4 N–H and O–H groups in total. The largest absolute Gasteiger partial charge is 0.370 e. The quantitative estimate of drug-likeness (QED) is 0.133. The molecule has 8 nitrogen and oxygen atoms in total. The van der Waals surface area contributed by atoms with Crippen molar-refractivity contribution in [1.82, 2.24) is 35.1 Å². The fourth-order valence-electron chi connectivity index (χ4n) is 7.65. The maximum atomic E-state index is 4.50. The highest BCUT2D eigenvalue weighted by atomic mass is 15.2. The molecule has 46 heavy (non-hydrogen) atoms. The molecule has 0 bridgehead atoms. The smallest absolute Gasteiger partial charge is 0.0957 e. The van der Waals surface area contributed by atoms with Gasteiger partial charge in [0.25, 0.3) is 0 Å². The summed E-state index contributed by atoms with van der Waals surface area (Å²) in [5, 5.41) is 14.1. The molecule has 2 atom stereocenters. The fraction of sp³-hybridized carbons (Fsp3) is 0.263. The molecule has 1 fully saturated rings. The van der Waals surface area contributed by atoms with E-state index in [1.165, 1.54) is 39.2 Å². The lowest BCUT2D eigenvalue weighted by atomic mass is 9.80. The first kappa shape index (κ1) is 28.2. The topological polar surface area (TPSA) is 83.8 Å². The molecule has 8 heteroatoms. The minimum Gasteiger partial charge on any atom is -0.370 e. The molecule has 0 radical (unpaired) electrons. The minimum atomic E-state index is 0.174. The van der Waals surface area contributed by atoms with Gasteiger partial charge in [-0.25, -0.2) is 9.97 Å². The van der Waals surface area contributed by atoms with Gasteiger partial charge in [-0.2, -0.15) is 0 Å². The van der Waals surface area contributed by atoms with Gasteiger partial charge in [-0.15, -0.1) is 0 Å². The van der Waals surface area contributed by atoms with Crippen molar-refractivity contribution in [2.75, 3.05) is 18.4 Å². The number of imidazole rings is 2. The number of hydrogen-bond donors (Lipinski definition) is 4. The molecule has 2 aromatic heterocycles. The molecule has 8 rings (SSSR count). The van der Waals surface area contributed by atoms with E-state index in [1.807, 2.05) is 55.4 Å². The first-order chi connectivity index (χ1) is 22.6. The summed E-state index contributed by atoms with van der Waals surface area (Å²) in [6.07, 6.45) is 12.4. The Kier molecular flexibility index (Phi) is 7.33. The summed E-state index contributed by atoms with van der Waals surface area (Å²) in [6.45, 7) is 10.0. The van der Waals surface area contributed by atoms with E-state index in [1.54, 1.807) is 0 Å². The first-order valence-electron chi connectivity index (χ1n) is 16.3. The highest BCUT2D eigenvalue weighted by Gasteiger charge is 2.31. The van der Waals surface area contributed by atoms with Gasteiger partial charge in [0, 0.05) is 35.9 Å². The van der Waals surface area contributed by atoms with E-state index in [2.05, 4.69) is 96.0 Å². The van der Waals surface area contributed by atoms with Gasteiger partial charge in [0.1, 0.15) is 0 Å². The molecule has 1 saturated carbocycles. The average molecular weight is 609 g/mol. The van der Waals surface area contributed by atoms with E-state index in [9.17, 15) is 0 Å². The first-order valence-corrected chi connectivity index (χ1v) is 16.3. The zero-order valence-electron chi connectivity index (χ0n) is 26.0. The van der Waals surface area contributed by atoms with Crippen molar-refractivity contribution in [3.05, 3.63) is 139 Å². The van der Waals surface area contributed by atoms with E-state index in [4.69, 9.17) is 0 Å². The number of fused-ring (bicyclic) bond motifs is 6. The fourth-order valence-corrected chi connectivity index (χ4v) is 7.65. The zero-order valence-corrected chi connectivity index (χ0v) is 26.0. The maximum Gasteiger partial charge on any atom is 0.0957 e. The molecule has 5 aromatic rings. The van der Waals surface area contributed by atoms with E-state index in [-0.39, 0.29) is 12.1 Å². The second-order valence-corrected chi connectivity index (χ2v) is 12.7. The number of aromatic nitrogens is 4. The molecule has 3 aromatic carbocycles. The maximum absolute atomic E-state index is 4.50. The molecule has 0 amide bonds. The van der Waals surface area contributed by atoms with Crippen LogP contribution in [0.25, 0.3) is 22.5 Å². The van der Waals surface area contributed by atoms with Gasteiger partial charge in [-0.3, -0.25) is 0 Å². The van der Waals surface area contributed by atoms with E-state index >= 15 is 0 Å². The second kappa shape index (κ2) is 11.9. The zero-order chi connectivity index (χ0) is 31.0. The Bertz CT molecular complexity index is 1880. The molecular weight excluding hydrogens is 568 g/mol. The average Bonchev–Trinajstić information content (AvgIpc) is 3.86. The molecule has 4 heterocycles. The lowest BCUT2D eigenvalue weighted by Crippen LogP contribution is -2.38. The summed E-state index contributed by atoms with van der Waals surface area (Å²) in [4.78, 5) is 8.89. The standard InChI is InChI=1S/C38H40N8/c1-25(43-29-8-4-3-5-9-29)42-22-38-33-17-14-28(18-34(33)36-20-40-24-46(36)38)27-12-15-30(16-13-27)44-26(2)41-21-37-32-11-7-6-10-31(32)35-19-39-23-45(35)37/h3-11,14,17-20,23-24,27,30,37-38,41-44H,1-2,12-13,15-16,21-22H2. The van der Waals surface area contributed by atoms with Crippen LogP contribution in [0.15, 0.2) is 123 Å². The third-order valence-corrected chi connectivity index (χ3v) is 9.98. The number of nitrogens with zero attached hydrogens (tertiary/aromatic N) is 4. The van der Waals surface area contributed by atoms with Crippen LogP contribution in [0.4, 0.5) is 5.69 Å². The highest BCUT2D eigenvalue weighted by Crippen LogP contribution is 2.43. The van der Waals surface area contributed by atoms with E-state index in [0.29, 0.717) is 12.0 Å². The van der Waals surface area contributed by atoms with Gasteiger partial charge in [0.15, 0.2) is 0 Å². The molecule has 1 aliphatic carbocycles. The molecule has 2 unspecified atom stereocenters. The lowest BCUT2D eigenvalue weighted by molar-refractivity contribution is 0.353. The molecular formula is C38H40N8. The van der Waals surface area contributed by atoms with Gasteiger partial charge >= 0.3 is 0 Å². The van der Waals surface area contributed by atoms with Crippen LogP contribution in [0.3, 0.4) is 0 Å². The monoisotopic (exact) mass is 608 g/mol. The van der Waals surface area contributed by atoms with Crippen LogP contribution in [0.1, 0.15) is 60.4 Å². The Morgan fingerprint density at radius 3 is 2.07 bits per heavy atom. The third-order valence-electron chi connectivity index (χ3n) is 9.98. The Labute approximate surface area is 270 Å². The van der Waals surface area contributed by atoms with Crippen LogP contribution < -0.4 is 21.3 Å². The SMILES string of the molecule is C=C(NCC1c2ccc(C3CCC(NC(=C)NCC4c5ccccc5-c5cncn54)CC3)cc2-c2cncn21)Nc1ccccc1. The van der Waals surface area contributed by atoms with Crippen molar-refractivity contribution < 1.29 is 0 Å². The van der Waals surface area contributed by atoms with Crippen LogP contribution >= 0.6 is 0 Å². The van der Waals surface area contributed by atoms with Crippen molar-refractivity contribution in [1.29, 1.82) is 0 Å². The van der Waals surface area contributed by atoms with Gasteiger partial charge in [0.2, 0.25) is 0 Å². The lowest BCUT2D eigenvalue weighted by Gasteiger charge is -2.31. The van der Waals surface area contributed by atoms with Crippen LogP contribution in [0.2, 0.25) is 0 Å². The molecule has 0 saturated heterocycles. The number of nitrogens with one attached hydrogen (secondary N) is 4. The third kappa shape index (κ3) is 5.23. The summed E-state index contributed by atoms with van der Waals surface area (Å²) in [5.41, 5.74) is 10.1. The Hall–Kier alpha value is -5.24. The molecule has 3 aliphatic rings.